The fourth-order valence-electron chi connectivity index (χ4n) is 2.08. The van der Waals surface area contributed by atoms with Gasteiger partial charge in [-0.3, -0.25) is 0 Å². The summed E-state index contributed by atoms with van der Waals surface area (Å²) in [4.78, 5) is 2.32. The molecule has 0 bridgehead atoms. The number of fused-ring (bicyclic) bond motifs is 1. The first-order chi connectivity index (χ1) is 6.72. The summed E-state index contributed by atoms with van der Waals surface area (Å²) in [7, 11) is 0. The largest absolute Gasteiger partial charge is 0.356 e. The van der Waals surface area contributed by atoms with Crippen molar-refractivity contribution in [2.45, 2.75) is 32.9 Å². The number of anilines is 1. The van der Waals surface area contributed by atoms with E-state index in [0.717, 1.165) is 19.4 Å². The topological polar surface area (TPSA) is 29.3 Å². The Bertz CT molecular complexity index is 333. The van der Waals surface area contributed by atoms with Gasteiger partial charge < -0.3 is 10.6 Å². The molecule has 2 N–H and O–H groups in total. The third-order valence-corrected chi connectivity index (χ3v) is 2.99. The zero-order chi connectivity index (χ0) is 10.1. The summed E-state index contributed by atoms with van der Waals surface area (Å²) in [5, 5.41) is 0. The van der Waals surface area contributed by atoms with Crippen LogP contribution in [0.3, 0.4) is 0 Å². The molecule has 1 aliphatic rings. The lowest BCUT2D eigenvalue weighted by atomic mass is 10.1. The maximum absolute atomic E-state index is 6.07. The van der Waals surface area contributed by atoms with E-state index < -0.39 is 0 Å². The highest BCUT2D eigenvalue weighted by Gasteiger charge is 2.22. The van der Waals surface area contributed by atoms with Crippen LogP contribution in [0, 0.1) is 6.92 Å². The third kappa shape index (κ3) is 1.50. The molecule has 1 aliphatic heterocycles. The predicted octanol–water partition coefficient (Wildman–Crippen LogP) is 2.05. The zero-order valence-electron chi connectivity index (χ0n) is 8.96. The number of rotatable bonds is 2. The number of benzene rings is 1. The second-order valence-electron chi connectivity index (χ2n) is 4.05. The smallest absolute Gasteiger partial charge is 0.0768 e. The maximum Gasteiger partial charge on any atom is 0.0768 e. The summed E-state index contributed by atoms with van der Waals surface area (Å²) in [6, 6.07) is 6.66. The van der Waals surface area contributed by atoms with Gasteiger partial charge in [0.25, 0.3) is 0 Å². The first kappa shape index (κ1) is 9.53. The quantitative estimate of drug-likeness (QED) is 0.773. The van der Waals surface area contributed by atoms with Crippen LogP contribution < -0.4 is 10.6 Å². The van der Waals surface area contributed by atoms with Gasteiger partial charge in [0.15, 0.2) is 0 Å². The maximum atomic E-state index is 6.07. The van der Waals surface area contributed by atoms with Crippen LogP contribution in [-0.2, 0) is 6.42 Å². The van der Waals surface area contributed by atoms with Crippen molar-refractivity contribution < 1.29 is 0 Å². The summed E-state index contributed by atoms with van der Waals surface area (Å²) in [6.45, 7) is 5.35. The molecule has 14 heavy (non-hydrogen) atoms. The lowest BCUT2D eigenvalue weighted by Gasteiger charge is -2.26. The first-order valence-electron chi connectivity index (χ1n) is 5.34. The van der Waals surface area contributed by atoms with Crippen LogP contribution in [0.25, 0.3) is 0 Å². The van der Waals surface area contributed by atoms with Crippen LogP contribution in [-0.4, -0.2) is 12.7 Å². The summed E-state index contributed by atoms with van der Waals surface area (Å²) in [5.74, 6) is 0. The fraction of sp³-hybridized carbons (Fsp3) is 0.500. The van der Waals surface area contributed by atoms with Crippen molar-refractivity contribution in [1.29, 1.82) is 0 Å². The molecule has 0 fully saturated rings. The Morgan fingerprint density at radius 2 is 2.29 bits per heavy atom. The number of aryl methyl sites for hydroxylation is 1. The van der Waals surface area contributed by atoms with Crippen molar-refractivity contribution in [2.24, 2.45) is 5.73 Å². The second-order valence-corrected chi connectivity index (χ2v) is 4.05. The van der Waals surface area contributed by atoms with Gasteiger partial charge in [-0.2, -0.15) is 0 Å². The molecule has 0 saturated carbocycles. The Morgan fingerprint density at radius 1 is 1.50 bits per heavy atom. The molecule has 1 atom stereocenters. The lowest BCUT2D eigenvalue weighted by molar-refractivity contribution is 0.610. The molecular formula is C12H18N2. The highest BCUT2D eigenvalue weighted by atomic mass is 15.2. The van der Waals surface area contributed by atoms with Crippen molar-refractivity contribution in [3.05, 3.63) is 29.3 Å². The van der Waals surface area contributed by atoms with Gasteiger partial charge in [-0.05, 0) is 37.0 Å². The van der Waals surface area contributed by atoms with E-state index in [1.54, 1.807) is 0 Å². The predicted molar refractivity (Wildman–Crippen MR) is 60.5 cm³/mol. The van der Waals surface area contributed by atoms with Crippen LogP contribution in [0.5, 0.6) is 0 Å². The van der Waals surface area contributed by atoms with Crippen LogP contribution in [0.4, 0.5) is 5.69 Å². The van der Waals surface area contributed by atoms with E-state index >= 15 is 0 Å². The monoisotopic (exact) mass is 190 g/mol. The van der Waals surface area contributed by atoms with Gasteiger partial charge in [0.1, 0.15) is 0 Å². The minimum atomic E-state index is 0.179. The van der Waals surface area contributed by atoms with E-state index in [1.165, 1.54) is 16.8 Å². The van der Waals surface area contributed by atoms with Crippen molar-refractivity contribution in [1.82, 2.24) is 0 Å². The van der Waals surface area contributed by atoms with E-state index in [9.17, 15) is 0 Å². The molecule has 76 valence electrons. The van der Waals surface area contributed by atoms with Gasteiger partial charge in [0, 0.05) is 12.2 Å². The van der Waals surface area contributed by atoms with Crippen molar-refractivity contribution in [3.63, 3.8) is 0 Å². The fourth-order valence-corrected chi connectivity index (χ4v) is 2.08. The molecule has 1 aromatic rings. The molecule has 1 heterocycles. The first-order valence-corrected chi connectivity index (χ1v) is 5.34. The Kier molecular flexibility index (Phi) is 2.46. The molecule has 0 saturated heterocycles. The minimum Gasteiger partial charge on any atom is -0.356 e. The molecule has 1 aromatic carbocycles. The van der Waals surface area contributed by atoms with E-state index in [2.05, 4.69) is 36.9 Å². The molecule has 0 spiro atoms. The average Bonchev–Trinajstić information content (AvgIpc) is 2.59. The van der Waals surface area contributed by atoms with Gasteiger partial charge in [0.2, 0.25) is 0 Å². The van der Waals surface area contributed by atoms with Gasteiger partial charge in [-0.15, -0.1) is 0 Å². The van der Waals surface area contributed by atoms with Gasteiger partial charge in [0.05, 0.1) is 6.17 Å². The Balaban J connectivity index is 2.33. The molecular weight excluding hydrogens is 172 g/mol. The highest BCUT2D eigenvalue weighted by molar-refractivity contribution is 5.59. The Morgan fingerprint density at radius 3 is 3.00 bits per heavy atom. The van der Waals surface area contributed by atoms with Crippen molar-refractivity contribution >= 4 is 5.69 Å². The van der Waals surface area contributed by atoms with Crippen LogP contribution in [0.1, 0.15) is 24.5 Å². The number of hydrogen-bond acceptors (Lipinski definition) is 2. The molecule has 1 unspecified atom stereocenters. The number of hydrogen-bond donors (Lipinski definition) is 1. The Hall–Kier alpha value is -1.02. The molecule has 2 nitrogen and oxygen atoms in total. The van der Waals surface area contributed by atoms with Gasteiger partial charge >= 0.3 is 0 Å². The average molecular weight is 190 g/mol. The van der Waals surface area contributed by atoms with E-state index in [0.29, 0.717) is 0 Å². The van der Waals surface area contributed by atoms with E-state index in [4.69, 9.17) is 5.73 Å². The molecule has 0 amide bonds. The molecule has 2 rings (SSSR count). The summed E-state index contributed by atoms with van der Waals surface area (Å²) >= 11 is 0. The second kappa shape index (κ2) is 3.62. The van der Waals surface area contributed by atoms with E-state index in [1.807, 2.05) is 0 Å². The summed E-state index contributed by atoms with van der Waals surface area (Å²) < 4.78 is 0. The lowest BCUT2D eigenvalue weighted by Crippen LogP contribution is -2.40. The van der Waals surface area contributed by atoms with Crippen LogP contribution in [0.15, 0.2) is 18.2 Å². The van der Waals surface area contributed by atoms with Gasteiger partial charge in [-0.25, -0.2) is 0 Å². The van der Waals surface area contributed by atoms with Crippen LogP contribution >= 0.6 is 0 Å². The summed E-state index contributed by atoms with van der Waals surface area (Å²) in [5.41, 5.74) is 10.2. The SMILES string of the molecule is CCC(N)N1CCc2ccc(C)cc21. The van der Waals surface area contributed by atoms with Crippen LogP contribution in [0.2, 0.25) is 0 Å². The number of nitrogens with two attached hydrogens (primary N) is 1. The molecule has 2 heteroatoms. The Labute approximate surface area is 85.7 Å². The van der Waals surface area contributed by atoms with Crippen molar-refractivity contribution in [2.75, 3.05) is 11.4 Å². The van der Waals surface area contributed by atoms with Crippen molar-refractivity contribution in [3.8, 4) is 0 Å². The highest BCUT2D eigenvalue weighted by Crippen LogP contribution is 2.29. The standard InChI is InChI=1S/C12H18N2/c1-3-12(13)14-7-6-10-5-4-9(2)8-11(10)14/h4-5,8,12H,3,6-7,13H2,1-2H3. The molecule has 0 aliphatic carbocycles. The van der Waals surface area contributed by atoms with E-state index in [-0.39, 0.29) is 6.17 Å². The minimum absolute atomic E-state index is 0.179. The summed E-state index contributed by atoms with van der Waals surface area (Å²) in [6.07, 6.45) is 2.33. The zero-order valence-corrected chi connectivity index (χ0v) is 8.96. The normalized spacial score (nSPS) is 16.9. The van der Waals surface area contributed by atoms with Gasteiger partial charge in [-0.1, -0.05) is 19.1 Å². The molecule has 0 aromatic heterocycles. The number of nitrogens with zero attached hydrogens (tertiary/aromatic N) is 1. The third-order valence-electron chi connectivity index (χ3n) is 2.99. The molecule has 0 radical (unpaired) electrons.